The molecule has 11 heteroatoms. The lowest BCUT2D eigenvalue weighted by atomic mass is 10.0. The number of aromatic nitrogens is 3. The zero-order valence-electron chi connectivity index (χ0n) is 16.4. The second-order valence-electron chi connectivity index (χ2n) is 7.02. The van der Waals surface area contributed by atoms with E-state index in [1.54, 1.807) is 11.0 Å². The first kappa shape index (κ1) is 21.0. The molecule has 1 aliphatic heterocycles. The van der Waals surface area contributed by atoms with Gasteiger partial charge in [0.15, 0.2) is 0 Å². The SMILES string of the molecule is N#Cc1ccc(N2CCc3c(ncnc3Nc3ccc(C(=O)O)cn3)C2)cc1C(F)(F)F. The van der Waals surface area contributed by atoms with E-state index < -0.39 is 23.3 Å². The lowest BCUT2D eigenvalue weighted by Crippen LogP contribution is -2.32. The van der Waals surface area contributed by atoms with Crippen LogP contribution in [0.4, 0.5) is 30.5 Å². The van der Waals surface area contributed by atoms with Crippen molar-refractivity contribution in [3.05, 3.63) is 70.8 Å². The van der Waals surface area contributed by atoms with E-state index in [0.717, 1.165) is 11.6 Å². The second-order valence-corrected chi connectivity index (χ2v) is 7.02. The minimum Gasteiger partial charge on any atom is -0.478 e. The molecule has 0 atom stereocenters. The minimum absolute atomic E-state index is 0.0524. The fourth-order valence-corrected chi connectivity index (χ4v) is 3.46. The number of carbonyl (C=O) groups is 1. The molecule has 3 heterocycles. The highest BCUT2D eigenvalue weighted by atomic mass is 19.4. The predicted molar refractivity (Wildman–Crippen MR) is 107 cm³/mol. The van der Waals surface area contributed by atoms with Crippen molar-refractivity contribution >= 4 is 23.3 Å². The normalized spacial score (nSPS) is 13.2. The summed E-state index contributed by atoms with van der Waals surface area (Å²) < 4.78 is 39.9. The molecule has 0 radical (unpaired) electrons. The molecule has 0 unspecified atom stereocenters. The summed E-state index contributed by atoms with van der Waals surface area (Å²) in [6, 6.07) is 8.16. The summed E-state index contributed by atoms with van der Waals surface area (Å²) in [7, 11) is 0. The number of hydrogen-bond donors (Lipinski definition) is 2. The number of nitrogens with one attached hydrogen (secondary N) is 1. The quantitative estimate of drug-likeness (QED) is 0.630. The van der Waals surface area contributed by atoms with Crippen LogP contribution >= 0.6 is 0 Å². The van der Waals surface area contributed by atoms with Crippen LogP contribution in [-0.4, -0.2) is 32.6 Å². The Labute approximate surface area is 180 Å². The number of hydrogen-bond acceptors (Lipinski definition) is 7. The van der Waals surface area contributed by atoms with Crippen molar-refractivity contribution in [1.29, 1.82) is 5.26 Å². The molecule has 0 saturated heterocycles. The molecule has 0 saturated carbocycles. The van der Waals surface area contributed by atoms with Gasteiger partial charge in [0.05, 0.1) is 35.0 Å². The number of carboxylic acids is 1. The van der Waals surface area contributed by atoms with Gasteiger partial charge in [0.25, 0.3) is 0 Å². The molecule has 4 rings (SSSR count). The lowest BCUT2D eigenvalue weighted by molar-refractivity contribution is -0.137. The summed E-state index contributed by atoms with van der Waals surface area (Å²) in [5, 5.41) is 21.0. The first-order chi connectivity index (χ1) is 15.3. The highest BCUT2D eigenvalue weighted by Gasteiger charge is 2.34. The highest BCUT2D eigenvalue weighted by Crippen LogP contribution is 2.36. The summed E-state index contributed by atoms with van der Waals surface area (Å²) >= 11 is 0. The van der Waals surface area contributed by atoms with Gasteiger partial charge in [0.2, 0.25) is 0 Å². The number of fused-ring (bicyclic) bond motifs is 1. The average Bonchev–Trinajstić information content (AvgIpc) is 2.78. The van der Waals surface area contributed by atoms with Gasteiger partial charge < -0.3 is 15.3 Å². The van der Waals surface area contributed by atoms with Crippen LogP contribution in [0.15, 0.2) is 42.9 Å². The van der Waals surface area contributed by atoms with Crippen molar-refractivity contribution in [2.24, 2.45) is 0 Å². The van der Waals surface area contributed by atoms with Crippen molar-refractivity contribution < 1.29 is 23.1 Å². The number of aromatic carboxylic acids is 1. The number of nitriles is 1. The number of alkyl halides is 3. The zero-order valence-corrected chi connectivity index (χ0v) is 16.4. The number of rotatable bonds is 4. The summed E-state index contributed by atoms with van der Waals surface area (Å²) in [5.41, 5.74) is 0.460. The van der Waals surface area contributed by atoms with Crippen molar-refractivity contribution in [3.8, 4) is 6.07 Å². The third kappa shape index (κ3) is 4.15. The van der Waals surface area contributed by atoms with Crippen LogP contribution in [0.25, 0.3) is 0 Å². The average molecular weight is 440 g/mol. The van der Waals surface area contributed by atoms with Gasteiger partial charge in [-0.1, -0.05) is 0 Å². The van der Waals surface area contributed by atoms with Crippen LogP contribution in [0.5, 0.6) is 0 Å². The molecular weight excluding hydrogens is 425 g/mol. The van der Waals surface area contributed by atoms with Crippen LogP contribution in [-0.2, 0) is 19.1 Å². The summed E-state index contributed by atoms with van der Waals surface area (Å²) in [5.74, 6) is -0.179. The van der Waals surface area contributed by atoms with Crippen LogP contribution in [0.1, 0.15) is 32.7 Å². The number of anilines is 3. The predicted octanol–water partition coefficient (Wildman–Crippen LogP) is 3.77. The van der Waals surface area contributed by atoms with Gasteiger partial charge >= 0.3 is 12.1 Å². The van der Waals surface area contributed by atoms with Crippen LogP contribution in [0, 0.1) is 11.3 Å². The summed E-state index contributed by atoms with van der Waals surface area (Å²) in [4.78, 5) is 25.3. The van der Waals surface area contributed by atoms with E-state index in [2.05, 4.69) is 20.3 Å². The summed E-state index contributed by atoms with van der Waals surface area (Å²) in [6.45, 7) is 0.685. The number of halogens is 3. The lowest BCUT2D eigenvalue weighted by Gasteiger charge is -2.31. The van der Waals surface area contributed by atoms with Gasteiger partial charge in [-0.3, -0.25) is 0 Å². The Morgan fingerprint density at radius 2 is 2.00 bits per heavy atom. The number of benzene rings is 1. The molecular formula is C21H15F3N6O2. The Morgan fingerprint density at radius 1 is 1.19 bits per heavy atom. The van der Waals surface area contributed by atoms with Gasteiger partial charge in [-0.25, -0.2) is 19.7 Å². The summed E-state index contributed by atoms with van der Waals surface area (Å²) in [6.07, 6.45) is -1.59. The highest BCUT2D eigenvalue weighted by molar-refractivity contribution is 5.87. The molecule has 8 nitrogen and oxygen atoms in total. The number of carboxylic acid groups (broad SMARTS) is 1. The van der Waals surface area contributed by atoms with Gasteiger partial charge in [-0.2, -0.15) is 18.4 Å². The molecule has 0 spiro atoms. The maximum Gasteiger partial charge on any atom is 0.417 e. The molecule has 32 heavy (non-hydrogen) atoms. The fourth-order valence-electron chi connectivity index (χ4n) is 3.46. The molecule has 2 aromatic heterocycles. The van der Waals surface area contributed by atoms with E-state index >= 15 is 0 Å². The smallest absolute Gasteiger partial charge is 0.417 e. The Balaban J connectivity index is 1.58. The standard InChI is InChI=1S/C21H15F3N6O2/c22-21(23,24)16-7-14(3-1-12(16)8-25)30-6-5-15-17(10-30)27-11-28-19(15)29-18-4-2-13(9-26-18)20(31)32/h1-4,7,9,11H,5-6,10H2,(H,31,32)(H,26,27,28,29). The minimum atomic E-state index is -4.63. The van der Waals surface area contributed by atoms with Crippen LogP contribution < -0.4 is 10.2 Å². The van der Waals surface area contributed by atoms with Crippen LogP contribution in [0.3, 0.4) is 0 Å². The van der Waals surface area contributed by atoms with Gasteiger partial charge in [-0.15, -0.1) is 0 Å². The van der Waals surface area contributed by atoms with Crippen molar-refractivity contribution in [2.45, 2.75) is 19.1 Å². The van der Waals surface area contributed by atoms with Gasteiger partial charge in [-0.05, 0) is 36.8 Å². The Kier molecular flexibility index (Phi) is 5.36. The molecule has 0 amide bonds. The fraction of sp³-hybridized carbons (Fsp3) is 0.190. The maximum atomic E-state index is 13.3. The molecule has 0 aliphatic carbocycles. The Morgan fingerprint density at radius 3 is 2.66 bits per heavy atom. The molecule has 2 N–H and O–H groups in total. The largest absolute Gasteiger partial charge is 0.478 e. The van der Waals surface area contributed by atoms with E-state index in [0.29, 0.717) is 36.0 Å². The molecule has 1 aliphatic rings. The van der Waals surface area contributed by atoms with E-state index in [4.69, 9.17) is 10.4 Å². The Bertz CT molecular complexity index is 1220. The van der Waals surface area contributed by atoms with E-state index in [1.165, 1.54) is 36.8 Å². The van der Waals surface area contributed by atoms with Crippen molar-refractivity contribution in [3.63, 3.8) is 0 Å². The molecule has 1 aromatic carbocycles. The third-order valence-corrected chi connectivity index (χ3v) is 5.06. The van der Waals surface area contributed by atoms with Crippen LogP contribution in [0.2, 0.25) is 0 Å². The van der Waals surface area contributed by atoms with E-state index in [-0.39, 0.29) is 12.1 Å². The van der Waals surface area contributed by atoms with Gasteiger partial charge in [0, 0.05) is 24.0 Å². The molecule has 3 aromatic rings. The number of pyridine rings is 1. The zero-order chi connectivity index (χ0) is 22.9. The molecule has 0 fully saturated rings. The van der Waals surface area contributed by atoms with Crippen molar-refractivity contribution in [1.82, 2.24) is 15.0 Å². The van der Waals surface area contributed by atoms with Gasteiger partial charge in [0.1, 0.15) is 18.0 Å². The monoisotopic (exact) mass is 440 g/mol. The second kappa shape index (κ2) is 8.14. The third-order valence-electron chi connectivity index (χ3n) is 5.06. The van der Waals surface area contributed by atoms with Crippen molar-refractivity contribution in [2.75, 3.05) is 16.8 Å². The first-order valence-corrected chi connectivity index (χ1v) is 9.41. The maximum absolute atomic E-state index is 13.3. The topological polar surface area (TPSA) is 115 Å². The molecule has 162 valence electrons. The van der Waals surface area contributed by atoms with E-state index in [1.807, 2.05) is 0 Å². The number of nitrogens with zero attached hydrogens (tertiary/aromatic N) is 5. The van der Waals surface area contributed by atoms with E-state index in [9.17, 15) is 18.0 Å². The molecule has 0 bridgehead atoms. The first-order valence-electron chi connectivity index (χ1n) is 9.41. The Hall–Kier alpha value is -4.20.